The van der Waals surface area contributed by atoms with Crippen LogP contribution < -0.4 is 0 Å². The third-order valence-electron chi connectivity index (χ3n) is 3.28. The molecule has 4 nitrogen and oxygen atoms in total. The van der Waals surface area contributed by atoms with Crippen molar-refractivity contribution < 1.29 is 13.5 Å². The average Bonchev–Trinajstić information content (AvgIpc) is 2.64. The highest BCUT2D eigenvalue weighted by Gasteiger charge is 2.35. The van der Waals surface area contributed by atoms with Crippen molar-refractivity contribution in [2.24, 2.45) is 5.92 Å². The molecule has 0 aromatic heterocycles. The molecule has 1 rings (SSSR count). The SMILES string of the molecule is CC(CCl)CS(=O)(=O)N(C)CC1(O)CCCC1. The standard InChI is InChI=1S/C11H22ClNO3S/c1-10(7-12)8-17(15,16)13(2)9-11(14)5-3-4-6-11/h10,14H,3-9H2,1-2H3. The summed E-state index contributed by atoms with van der Waals surface area (Å²) in [6, 6.07) is 0. The molecular formula is C11H22ClNO3S. The largest absolute Gasteiger partial charge is 0.389 e. The second-order valence-corrected chi connectivity index (χ2v) is 7.65. The maximum Gasteiger partial charge on any atom is 0.214 e. The Labute approximate surface area is 109 Å². The fourth-order valence-corrected chi connectivity index (χ4v) is 4.00. The molecule has 0 aromatic carbocycles. The molecule has 0 aromatic rings. The summed E-state index contributed by atoms with van der Waals surface area (Å²) in [5.41, 5.74) is -0.827. The van der Waals surface area contributed by atoms with Crippen molar-refractivity contribution in [2.75, 3.05) is 25.2 Å². The number of hydrogen-bond donors (Lipinski definition) is 1. The number of sulfonamides is 1. The molecule has 1 atom stereocenters. The van der Waals surface area contributed by atoms with Crippen LogP contribution in [0.25, 0.3) is 0 Å². The molecule has 0 heterocycles. The van der Waals surface area contributed by atoms with Gasteiger partial charge in [-0.15, -0.1) is 11.6 Å². The average molecular weight is 284 g/mol. The number of aliphatic hydroxyl groups is 1. The predicted octanol–water partition coefficient (Wildman–Crippen LogP) is 1.43. The summed E-state index contributed by atoms with van der Waals surface area (Å²) in [6.45, 7) is 2.01. The van der Waals surface area contributed by atoms with Gasteiger partial charge < -0.3 is 5.11 Å². The van der Waals surface area contributed by atoms with E-state index in [1.807, 2.05) is 6.92 Å². The smallest absolute Gasteiger partial charge is 0.214 e. The topological polar surface area (TPSA) is 57.6 Å². The minimum absolute atomic E-state index is 0.0447. The molecule has 1 unspecified atom stereocenters. The summed E-state index contributed by atoms with van der Waals surface area (Å²) in [7, 11) is -1.77. The van der Waals surface area contributed by atoms with Crippen LogP contribution in [0.15, 0.2) is 0 Å². The summed E-state index contributed by atoms with van der Waals surface area (Å²) in [5.74, 6) is 0.308. The van der Waals surface area contributed by atoms with Crippen molar-refractivity contribution in [3.8, 4) is 0 Å². The van der Waals surface area contributed by atoms with Crippen LogP contribution >= 0.6 is 11.6 Å². The van der Waals surface area contributed by atoms with E-state index in [-0.39, 0.29) is 18.2 Å². The quantitative estimate of drug-likeness (QED) is 0.750. The van der Waals surface area contributed by atoms with E-state index in [0.29, 0.717) is 18.7 Å². The molecule has 1 fully saturated rings. The van der Waals surface area contributed by atoms with Crippen LogP contribution in [-0.4, -0.2) is 48.7 Å². The summed E-state index contributed by atoms with van der Waals surface area (Å²) in [5, 5.41) is 10.2. The van der Waals surface area contributed by atoms with Crippen LogP contribution in [-0.2, 0) is 10.0 Å². The molecule has 1 N–H and O–H groups in total. The monoisotopic (exact) mass is 283 g/mol. The van der Waals surface area contributed by atoms with Gasteiger partial charge in [-0.05, 0) is 18.8 Å². The highest BCUT2D eigenvalue weighted by atomic mass is 35.5. The Bertz CT molecular complexity index is 339. The Balaban J connectivity index is 2.59. The second-order valence-electron chi connectivity index (χ2n) is 5.23. The van der Waals surface area contributed by atoms with E-state index in [1.165, 1.54) is 11.4 Å². The zero-order valence-corrected chi connectivity index (χ0v) is 12.1. The summed E-state index contributed by atoms with van der Waals surface area (Å²) in [6.07, 6.45) is 3.33. The lowest BCUT2D eigenvalue weighted by molar-refractivity contribution is 0.0333. The van der Waals surface area contributed by atoms with Crippen molar-refractivity contribution >= 4 is 21.6 Å². The highest BCUT2D eigenvalue weighted by Crippen LogP contribution is 2.30. The molecular weight excluding hydrogens is 262 g/mol. The zero-order valence-electron chi connectivity index (χ0n) is 10.5. The Morgan fingerprint density at radius 2 is 1.94 bits per heavy atom. The molecule has 6 heteroatoms. The van der Waals surface area contributed by atoms with Gasteiger partial charge in [0.15, 0.2) is 0 Å². The number of likely N-dealkylation sites (N-methyl/N-ethyl adjacent to an activating group) is 1. The first-order valence-corrected chi connectivity index (χ1v) is 8.16. The van der Waals surface area contributed by atoms with E-state index >= 15 is 0 Å². The predicted molar refractivity (Wildman–Crippen MR) is 69.7 cm³/mol. The van der Waals surface area contributed by atoms with Gasteiger partial charge in [0.25, 0.3) is 0 Å². The van der Waals surface area contributed by atoms with E-state index in [1.54, 1.807) is 0 Å². The number of nitrogens with zero attached hydrogens (tertiary/aromatic N) is 1. The van der Waals surface area contributed by atoms with Gasteiger partial charge in [-0.2, -0.15) is 0 Å². The van der Waals surface area contributed by atoms with Crippen LogP contribution in [0, 0.1) is 5.92 Å². The first-order valence-electron chi connectivity index (χ1n) is 6.01. The van der Waals surface area contributed by atoms with Crippen LogP contribution in [0.4, 0.5) is 0 Å². The third kappa shape index (κ3) is 4.39. The van der Waals surface area contributed by atoms with Gasteiger partial charge in [0, 0.05) is 19.5 Å². The molecule has 1 aliphatic rings. The summed E-state index contributed by atoms with van der Waals surface area (Å²) in [4.78, 5) is 0. The Kier molecular flexibility index (Phi) is 5.25. The van der Waals surface area contributed by atoms with Gasteiger partial charge in [-0.25, -0.2) is 12.7 Å². The van der Waals surface area contributed by atoms with Crippen LogP contribution in [0.1, 0.15) is 32.6 Å². The zero-order chi connectivity index (χ0) is 13.1. The summed E-state index contributed by atoms with van der Waals surface area (Å²) >= 11 is 5.63. The van der Waals surface area contributed by atoms with Crippen LogP contribution in [0.2, 0.25) is 0 Å². The lowest BCUT2D eigenvalue weighted by Gasteiger charge is -2.28. The van der Waals surface area contributed by atoms with Gasteiger partial charge in [-0.1, -0.05) is 19.8 Å². The van der Waals surface area contributed by atoms with Crippen molar-refractivity contribution in [3.63, 3.8) is 0 Å². The lowest BCUT2D eigenvalue weighted by Crippen LogP contribution is -2.43. The first kappa shape index (κ1) is 15.2. The Morgan fingerprint density at radius 1 is 1.41 bits per heavy atom. The number of rotatable bonds is 6. The minimum atomic E-state index is -3.31. The molecule has 1 saturated carbocycles. The molecule has 0 radical (unpaired) electrons. The van der Waals surface area contributed by atoms with Gasteiger partial charge >= 0.3 is 0 Å². The molecule has 0 amide bonds. The summed E-state index contributed by atoms with van der Waals surface area (Å²) < 4.78 is 25.3. The van der Waals surface area contributed by atoms with Gasteiger partial charge in [0.05, 0.1) is 11.4 Å². The van der Waals surface area contributed by atoms with E-state index in [0.717, 1.165) is 12.8 Å². The van der Waals surface area contributed by atoms with Crippen molar-refractivity contribution in [1.82, 2.24) is 4.31 Å². The van der Waals surface area contributed by atoms with Crippen LogP contribution in [0.5, 0.6) is 0 Å². The molecule has 1 aliphatic carbocycles. The Morgan fingerprint density at radius 3 is 2.41 bits per heavy atom. The fraction of sp³-hybridized carbons (Fsp3) is 1.00. The highest BCUT2D eigenvalue weighted by molar-refractivity contribution is 7.89. The maximum absolute atomic E-state index is 12.0. The molecule has 0 saturated heterocycles. The number of hydrogen-bond acceptors (Lipinski definition) is 3. The van der Waals surface area contributed by atoms with E-state index in [9.17, 15) is 13.5 Å². The minimum Gasteiger partial charge on any atom is -0.389 e. The van der Waals surface area contributed by atoms with E-state index < -0.39 is 15.6 Å². The normalized spacial score (nSPS) is 21.9. The van der Waals surface area contributed by atoms with Gasteiger partial charge in [0.2, 0.25) is 10.0 Å². The third-order valence-corrected chi connectivity index (χ3v) is 5.88. The molecule has 0 bridgehead atoms. The molecule has 102 valence electrons. The second kappa shape index (κ2) is 5.87. The Hall–Kier alpha value is 0.160. The van der Waals surface area contributed by atoms with Gasteiger partial charge in [0.1, 0.15) is 0 Å². The number of alkyl halides is 1. The maximum atomic E-state index is 12.0. The lowest BCUT2D eigenvalue weighted by atomic mass is 10.0. The molecule has 0 spiro atoms. The van der Waals surface area contributed by atoms with Crippen molar-refractivity contribution in [1.29, 1.82) is 0 Å². The van der Waals surface area contributed by atoms with Gasteiger partial charge in [-0.3, -0.25) is 0 Å². The fourth-order valence-electron chi connectivity index (χ4n) is 2.24. The van der Waals surface area contributed by atoms with E-state index in [4.69, 9.17) is 11.6 Å². The van der Waals surface area contributed by atoms with Crippen LogP contribution in [0.3, 0.4) is 0 Å². The van der Waals surface area contributed by atoms with Crippen molar-refractivity contribution in [3.05, 3.63) is 0 Å². The van der Waals surface area contributed by atoms with E-state index in [2.05, 4.69) is 0 Å². The number of halogens is 1. The molecule has 17 heavy (non-hydrogen) atoms. The first-order chi connectivity index (χ1) is 7.79. The molecule has 0 aliphatic heterocycles. The van der Waals surface area contributed by atoms with Crippen molar-refractivity contribution in [2.45, 2.75) is 38.2 Å².